The van der Waals surface area contributed by atoms with E-state index in [1.54, 1.807) is 11.8 Å². The van der Waals surface area contributed by atoms with Gasteiger partial charge >= 0.3 is 0 Å². The summed E-state index contributed by atoms with van der Waals surface area (Å²) < 4.78 is 4.20. The lowest BCUT2D eigenvalue weighted by Crippen LogP contribution is -2.03. The number of imidazole rings is 2. The van der Waals surface area contributed by atoms with Crippen molar-refractivity contribution in [1.82, 2.24) is 19.1 Å². The molecule has 4 nitrogen and oxygen atoms in total. The molecular weight excluding hydrogens is 351 g/mol. The van der Waals surface area contributed by atoms with Gasteiger partial charge in [-0.05, 0) is 30.5 Å². The lowest BCUT2D eigenvalue weighted by Gasteiger charge is -2.04. The molecule has 7 heteroatoms. The van der Waals surface area contributed by atoms with E-state index in [0.29, 0.717) is 0 Å². The van der Waals surface area contributed by atoms with E-state index in [4.69, 9.17) is 0 Å². The minimum absolute atomic E-state index is 0. The Morgan fingerprint density at radius 1 is 1.09 bits per heavy atom. The van der Waals surface area contributed by atoms with Crippen molar-refractivity contribution in [3.05, 3.63) is 60.7 Å². The average molecular weight is 371 g/mol. The van der Waals surface area contributed by atoms with Crippen LogP contribution in [0.4, 0.5) is 0 Å². The molecule has 0 saturated carbocycles. The summed E-state index contributed by atoms with van der Waals surface area (Å²) in [7, 11) is 0. The first-order chi connectivity index (χ1) is 10.3. The van der Waals surface area contributed by atoms with Crippen LogP contribution in [0, 0.1) is 0 Å². The normalized spacial score (nSPS) is 10.0. The summed E-state index contributed by atoms with van der Waals surface area (Å²) in [6.07, 6.45) is 10.8. The third-order valence-corrected chi connectivity index (χ3v) is 4.20. The Balaban J connectivity index is 0.00000132. The highest BCUT2D eigenvalue weighted by Crippen LogP contribution is 2.17. The first-order valence-corrected chi connectivity index (χ1v) is 8.20. The van der Waals surface area contributed by atoms with Crippen LogP contribution in [0.25, 0.3) is 5.69 Å². The van der Waals surface area contributed by atoms with E-state index in [1.165, 1.54) is 4.90 Å². The highest BCUT2D eigenvalue weighted by Gasteiger charge is 2.05. The third-order valence-electron chi connectivity index (χ3n) is 3.46. The van der Waals surface area contributed by atoms with E-state index in [9.17, 15) is 0 Å². The number of hydrogen-bond acceptors (Lipinski definition) is 3. The first kappa shape index (κ1) is 19.6. The van der Waals surface area contributed by atoms with Crippen molar-refractivity contribution in [2.75, 3.05) is 6.26 Å². The molecule has 2 heterocycles. The van der Waals surface area contributed by atoms with E-state index in [-0.39, 0.29) is 24.8 Å². The van der Waals surface area contributed by atoms with Crippen LogP contribution in [0.15, 0.2) is 54.1 Å². The van der Waals surface area contributed by atoms with Crippen LogP contribution in [0.1, 0.15) is 18.4 Å². The zero-order chi connectivity index (χ0) is 14.7. The number of hydrogen-bond donors (Lipinski definition) is 0. The Hall–Kier alpha value is -1.43. The molecule has 0 unspecified atom stereocenters. The molecule has 0 amide bonds. The van der Waals surface area contributed by atoms with Crippen LogP contribution in [0.3, 0.4) is 0 Å². The highest BCUT2D eigenvalue weighted by atomic mass is 35.5. The molecule has 3 aromatic rings. The number of nitrogens with zero attached hydrogens (tertiary/aromatic N) is 4. The highest BCUT2D eigenvalue weighted by molar-refractivity contribution is 7.98. The predicted molar refractivity (Wildman–Crippen MR) is 101 cm³/mol. The van der Waals surface area contributed by atoms with Gasteiger partial charge in [-0.15, -0.1) is 36.6 Å². The Morgan fingerprint density at radius 3 is 2.48 bits per heavy atom. The fourth-order valence-electron chi connectivity index (χ4n) is 2.31. The second-order valence-corrected chi connectivity index (χ2v) is 5.67. The van der Waals surface area contributed by atoms with Crippen molar-refractivity contribution in [2.24, 2.45) is 0 Å². The molecule has 0 atom stereocenters. The number of aryl methyl sites for hydroxylation is 1. The molecule has 0 aliphatic heterocycles. The summed E-state index contributed by atoms with van der Waals surface area (Å²) in [5.74, 6) is 1.09. The van der Waals surface area contributed by atoms with Crippen molar-refractivity contribution < 1.29 is 0 Å². The van der Waals surface area contributed by atoms with Gasteiger partial charge in [-0.2, -0.15) is 0 Å². The number of benzene rings is 1. The summed E-state index contributed by atoms with van der Waals surface area (Å²) in [6, 6.07) is 8.49. The quantitative estimate of drug-likeness (QED) is 0.629. The van der Waals surface area contributed by atoms with E-state index in [2.05, 4.69) is 62.7 Å². The fraction of sp³-hybridized carbons (Fsp3) is 0.250. The molecule has 0 aliphatic rings. The Labute approximate surface area is 153 Å². The van der Waals surface area contributed by atoms with Gasteiger partial charge in [0.1, 0.15) is 5.82 Å². The monoisotopic (exact) mass is 370 g/mol. The van der Waals surface area contributed by atoms with Gasteiger partial charge in [0.25, 0.3) is 0 Å². The van der Waals surface area contributed by atoms with Crippen molar-refractivity contribution in [3.8, 4) is 5.69 Å². The van der Waals surface area contributed by atoms with Crippen LogP contribution < -0.4 is 0 Å². The first-order valence-electron chi connectivity index (χ1n) is 6.97. The Bertz CT molecular complexity index is 722. The van der Waals surface area contributed by atoms with E-state index < -0.39 is 0 Å². The van der Waals surface area contributed by atoms with Crippen molar-refractivity contribution in [2.45, 2.75) is 24.8 Å². The molecule has 0 N–H and O–H groups in total. The molecule has 124 valence electrons. The number of aromatic nitrogens is 4. The van der Waals surface area contributed by atoms with E-state index in [1.807, 2.05) is 18.7 Å². The van der Waals surface area contributed by atoms with Crippen molar-refractivity contribution >= 4 is 36.6 Å². The molecule has 3 rings (SSSR count). The molecule has 0 aliphatic carbocycles. The molecular formula is C16H20Cl2N4S. The maximum atomic E-state index is 4.49. The topological polar surface area (TPSA) is 35.6 Å². The summed E-state index contributed by atoms with van der Waals surface area (Å²) in [5, 5.41) is 0. The van der Waals surface area contributed by atoms with Crippen LogP contribution in [0.5, 0.6) is 0 Å². The maximum Gasteiger partial charge on any atom is 0.108 e. The smallest absolute Gasteiger partial charge is 0.108 e. The number of halogens is 2. The van der Waals surface area contributed by atoms with Gasteiger partial charge in [-0.25, -0.2) is 9.97 Å². The molecule has 0 radical (unpaired) electrons. The summed E-state index contributed by atoms with van der Waals surface area (Å²) in [5.41, 5.74) is 2.17. The fourth-order valence-corrected chi connectivity index (χ4v) is 2.72. The van der Waals surface area contributed by atoms with E-state index in [0.717, 1.165) is 30.2 Å². The zero-order valence-corrected chi connectivity index (χ0v) is 15.5. The maximum absolute atomic E-state index is 4.49. The molecule has 0 bridgehead atoms. The number of thioether (sulfide) groups is 1. The van der Waals surface area contributed by atoms with Crippen LogP contribution in [-0.4, -0.2) is 25.4 Å². The second kappa shape index (κ2) is 9.01. The second-order valence-electron chi connectivity index (χ2n) is 4.80. The van der Waals surface area contributed by atoms with Crippen LogP contribution in [-0.2, 0) is 13.0 Å². The molecule has 0 saturated heterocycles. The molecule has 0 fully saturated rings. The van der Waals surface area contributed by atoms with Gasteiger partial charge in [-0.1, -0.05) is 6.92 Å². The largest absolute Gasteiger partial charge is 0.329 e. The van der Waals surface area contributed by atoms with Crippen LogP contribution >= 0.6 is 36.6 Å². The van der Waals surface area contributed by atoms with Gasteiger partial charge < -0.3 is 9.13 Å². The van der Waals surface area contributed by atoms with E-state index >= 15 is 0 Å². The zero-order valence-electron chi connectivity index (χ0n) is 13.0. The van der Waals surface area contributed by atoms with Gasteiger partial charge in [0.05, 0.1) is 18.6 Å². The van der Waals surface area contributed by atoms with Gasteiger partial charge in [-0.3, -0.25) is 0 Å². The van der Waals surface area contributed by atoms with Crippen molar-refractivity contribution in [1.29, 1.82) is 0 Å². The molecule has 1 aromatic carbocycles. The molecule has 23 heavy (non-hydrogen) atoms. The third kappa shape index (κ3) is 4.53. The van der Waals surface area contributed by atoms with Crippen molar-refractivity contribution in [3.63, 3.8) is 0 Å². The Kier molecular flexibility index (Phi) is 7.68. The summed E-state index contributed by atoms with van der Waals surface area (Å²) in [6.45, 7) is 2.88. The molecule has 0 spiro atoms. The SMILES string of the molecule is CCc1nccn1Cc1cn(-c2ccc(SC)cc2)cn1.Cl.Cl. The minimum atomic E-state index is 0. The lowest BCUT2D eigenvalue weighted by molar-refractivity contribution is 0.719. The van der Waals surface area contributed by atoms with Crippen LogP contribution in [0.2, 0.25) is 0 Å². The van der Waals surface area contributed by atoms with Gasteiger partial charge in [0.15, 0.2) is 0 Å². The average Bonchev–Trinajstić information content (AvgIpc) is 3.17. The predicted octanol–water partition coefficient (Wildman–Crippen LogP) is 4.25. The summed E-state index contributed by atoms with van der Waals surface area (Å²) >= 11 is 1.75. The summed E-state index contributed by atoms with van der Waals surface area (Å²) in [4.78, 5) is 10.1. The standard InChI is InChI=1S/C16H18N4S.2ClH/c1-3-16-17-8-9-19(16)10-13-11-20(12-18-13)14-4-6-15(21-2)7-5-14;;/h4-9,11-12H,3,10H2,1-2H3;2*1H. The molecule has 2 aromatic heterocycles. The minimum Gasteiger partial charge on any atom is -0.329 e. The van der Waals surface area contributed by atoms with Gasteiger partial charge in [0, 0.05) is 35.6 Å². The number of rotatable bonds is 5. The lowest BCUT2D eigenvalue weighted by atomic mass is 10.3. The van der Waals surface area contributed by atoms with Gasteiger partial charge in [0.2, 0.25) is 0 Å². The Morgan fingerprint density at radius 2 is 1.83 bits per heavy atom.